The molecule has 0 radical (unpaired) electrons. The van der Waals surface area contributed by atoms with Gasteiger partial charge in [0.2, 0.25) is 0 Å². The minimum Gasteiger partial charge on any atom is -0.484 e. The molecule has 2 aromatic rings. The number of alkyl halides is 3. The van der Waals surface area contributed by atoms with Crippen LogP contribution in [0.25, 0.3) is 0 Å². The van der Waals surface area contributed by atoms with E-state index in [9.17, 15) is 22.8 Å². The van der Waals surface area contributed by atoms with E-state index < -0.39 is 24.7 Å². The molecule has 0 atom stereocenters. The summed E-state index contributed by atoms with van der Waals surface area (Å²) in [5.41, 5.74) is 0.854. The topological polar surface area (TPSA) is 88.8 Å². The van der Waals surface area contributed by atoms with E-state index >= 15 is 0 Å². The normalized spacial score (nSPS) is 11.2. The molecule has 134 valence electrons. The van der Waals surface area contributed by atoms with Crippen LogP contribution in [0.4, 0.5) is 13.2 Å². The molecule has 0 spiro atoms. The Morgan fingerprint density at radius 2 is 2.00 bits per heavy atom. The summed E-state index contributed by atoms with van der Waals surface area (Å²) < 4.78 is 46.6. The number of amides is 1. The molecule has 9 heteroatoms. The third kappa shape index (κ3) is 5.27. The quantitative estimate of drug-likeness (QED) is 0.829. The summed E-state index contributed by atoms with van der Waals surface area (Å²) in [5, 5.41) is 11.2. The summed E-state index contributed by atoms with van der Waals surface area (Å²) in [6.45, 7) is 0.131. The van der Waals surface area contributed by atoms with Crippen LogP contribution in [-0.4, -0.2) is 29.8 Å². The highest BCUT2D eigenvalue weighted by molar-refractivity contribution is 5.95. The van der Waals surface area contributed by atoms with Gasteiger partial charge in [-0.25, -0.2) is 4.79 Å². The van der Waals surface area contributed by atoms with E-state index in [0.717, 1.165) is 12.3 Å². The fraction of sp³-hybridized carbons (Fsp3) is 0.250. The van der Waals surface area contributed by atoms with Gasteiger partial charge in [-0.3, -0.25) is 4.79 Å². The van der Waals surface area contributed by atoms with Crippen molar-refractivity contribution in [1.82, 2.24) is 5.32 Å². The van der Waals surface area contributed by atoms with Crippen molar-refractivity contribution in [2.24, 2.45) is 0 Å². The average Bonchev–Trinajstić information content (AvgIpc) is 3.01. The molecular formula is C16H14F3NO5. The number of carboxylic acid groups (broad SMARTS) is 1. The largest absolute Gasteiger partial charge is 0.484 e. The Kier molecular flexibility index (Phi) is 5.35. The van der Waals surface area contributed by atoms with Gasteiger partial charge in [0, 0.05) is 18.2 Å². The zero-order valence-electron chi connectivity index (χ0n) is 13.0. The van der Waals surface area contributed by atoms with E-state index in [1.165, 1.54) is 12.1 Å². The fourth-order valence-electron chi connectivity index (χ4n) is 1.93. The predicted molar refractivity (Wildman–Crippen MR) is 79.6 cm³/mol. The molecule has 0 saturated heterocycles. The van der Waals surface area contributed by atoms with Crippen LogP contribution >= 0.6 is 0 Å². The van der Waals surface area contributed by atoms with Crippen molar-refractivity contribution in [3.05, 3.63) is 53.0 Å². The average molecular weight is 357 g/mol. The molecule has 1 heterocycles. The van der Waals surface area contributed by atoms with Crippen LogP contribution in [0.15, 0.2) is 34.9 Å². The molecule has 2 N–H and O–H groups in total. The third-order valence-corrected chi connectivity index (χ3v) is 3.12. The Morgan fingerprint density at radius 3 is 2.60 bits per heavy atom. The monoisotopic (exact) mass is 357 g/mol. The number of nitrogens with one attached hydrogen (secondary N) is 1. The molecule has 1 aromatic carbocycles. The lowest BCUT2D eigenvalue weighted by molar-refractivity contribution is -0.153. The van der Waals surface area contributed by atoms with Crippen LogP contribution in [0.2, 0.25) is 0 Å². The SMILES string of the molecule is Cc1ccc(CNC(=O)c2cc(C(=O)O)co2)c(OCC(F)(F)F)c1. The maximum atomic E-state index is 12.3. The van der Waals surface area contributed by atoms with Crippen molar-refractivity contribution in [3.63, 3.8) is 0 Å². The lowest BCUT2D eigenvalue weighted by atomic mass is 10.1. The standard InChI is InChI=1S/C16H14F3NO5/c1-9-2-3-10(12(4-9)25-8-16(17,18)19)6-20-14(21)13-5-11(7-24-13)15(22)23/h2-5,7H,6,8H2,1H3,(H,20,21)(H,22,23). The summed E-state index contributed by atoms with van der Waals surface area (Å²) in [6.07, 6.45) is -3.56. The van der Waals surface area contributed by atoms with E-state index in [1.54, 1.807) is 13.0 Å². The van der Waals surface area contributed by atoms with Crippen LogP contribution < -0.4 is 10.1 Å². The van der Waals surface area contributed by atoms with E-state index in [4.69, 9.17) is 14.3 Å². The van der Waals surface area contributed by atoms with Gasteiger partial charge in [-0.1, -0.05) is 12.1 Å². The molecule has 0 aliphatic heterocycles. The van der Waals surface area contributed by atoms with Gasteiger partial charge in [-0.05, 0) is 18.6 Å². The number of ether oxygens (including phenoxy) is 1. The maximum Gasteiger partial charge on any atom is 0.422 e. The van der Waals surface area contributed by atoms with Crippen molar-refractivity contribution in [1.29, 1.82) is 0 Å². The van der Waals surface area contributed by atoms with Crippen LogP contribution in [-0.2, 0) is 6.54 Å². The second-order valence-corrected chi connectivity index (χ2v) is 5.20. The minimum atomic E-state index is -4.48. The number of aromatic carboxylic acids is 1. The zero-order valence-corrected chi connectivity index (χ0v) is 13.0. The van der Waals surface area contributed by atoms with Crippen molar-refractivity contribution in [3.8, 4) is 5.75 Å². The fourth-order valence-corrected chi connectivity index (χ4v) is 1.93. The van der Waals surface area contributed by atoms with Gasteiger partial charge >= 0.3 is 12.1 Å². The number of rotatable bonds is 6. The van der Waals surface area contributed by atoms with Crippen molar-refractivity contribution in [2.45, 2.75) is 19.6 Å². The smallest absolute Gasteiger partial charge is 0.422 e. The van der Waals surface area contributed by atoms with Crippen molar-refractivity contribution >= 4 is 11.9 Å². The number of carbonyl (C=O) groups is 2. The van der Waals surface area contributed by atoms with E-state index in [1.807, 2.05) is 0 Å². The maximum absolute atomic E-state index is 12.3. The number of carbonyl (C=O) groups excluding carboxylic acids is 1. The second kappa shape index (κ2) is 7.29. The Morgan fingerprint density at radius 1 is 1.28 bits per heavy atom. The number of halogens is 3. The first-order valence-corrected chi connectivity index (χ1v) is 7.05. The van der Waals surface area contributed by atoms with E-state index in [-0.39, 0.29) is 23.6 Å². The van der Waals surface area contributed by atoms with Crippen LogP contribution in [0, 0.1) is 6.92 Å². The Hall–Kier alpha value is -2.97. The van der Waals surface area contributed by atoms with Crippen molar-refractivity contribution < 1.29 is 37.0 Å². The first-order valence-electron chi connectivity index (χ1n) is 7.05. The highest BCUT2D eigenvalue weighted by Gasteiger charge is 2.28. The van der Waals surface area contributed by atoms with Gasteiger partial charge in [0.05, 0.1) is 5.56 Å². The van der Waals surface area contributed by atoms with Crippen molar-refractivity contribution in [2.75, 3.05) is 6.61 Å². The molecule has 1 amide bonds. The zero-order chi connectivity index (χ0) is 18.6. The molecule has 1 aromatic heterocycles. The summed E-state index contributed by atoms with van der Waals surface area (Å²) in [5.74, 6) is -2.16. The Balaban J connectivity index is 2.06. The van der Waals surface area contributed by atoms with Gasteiger partial charge < -0.3 is 19.6 Å². The first kappa shape index (κ1) is 18.4. The summed E-state index contributed by atoms with van der Waals surface area (Å²) in [4.78, 5) is 22.7. The summed E-state index contributed by atoms with van der Waals surface area (Å²) in [7, 11) is 0. The number of benzene rings is 1. The Labute approximate surface area is 140 Å². The third-order valence-electron chi connectivity index (χ3n) is 3.12. The molecule has 25 heavy (non-hydrogen) atoms. The molecule has 0 saturated carbocycles. The molecular weight excluding hydrogens is 343 g/mol. The molecule has 0 bridgehead atoms. The van der Waals surface area contributed by atoms with Crippen LogP contribution in [0.1, 0.15) is 32.0 Å². The Bertz CT molecular complexity index is 782. The highest BCUT2D eigenvalue weighted by atomic mass is 19.4. The number of hydrogen-bond donors (Lipinski definition) is 2. The molecule has 0 unspecified atom stereocenters. The first-order chi connectivity index (χ1) is 11.7. The van der Waals surface area contributed by atoms with Gasteiger partial charge in [-0.15, -0.1) is 0 Å². The van der Waals surface area contributed by atoms with Gasteiger partial charge in [0.25, 0.3) is 5.91 Å². The molecule has 0 aliphatic rings. The molecule has 0 aliphatic carbocycles. The van der Waals surface area contributed by atoms with Gasteiger partial charge in [-0.2, -0.15) is 13.2 Å². The highest BCUT2D eigenvalue weighted by Crippen LogP contribution is 2.24. The summed E-state index contributed by atoms with van der Waals surface area (Å²) >= 11 is 0. The molecule has 0 fully saturated rings. The second-order valence-electron chi connectivity index (χ2n) is 5.20. The lowest BCUT2D eigenvalue weighted by Gasteiger charge is -2.14. The molecule has 2 rings (SSSR count). The van der Waals surface area contributed by atoms with E-state index in [2.05, 4.69) is 5.32 Å². The van der Waals surface area contributed by atoms with Gasteiger partial charge in [0.15, 0.2) is 12.4 Å². The van der Waals surface area contributed by atoms with Gasteiger partial charge in [0.1, 0.15) is 12.0 Å². The number of furan rings is 1. The summed E-state index contributed by atoms with van der Waals surface area (Å²) in [6, 6.07) is 5.68. The number of hydrogen-bond acceptors (Lipinski definition) is 4. The number of carboxylic acids is 1. The van der Waals surface area contributed by atoms with E-state index in [0.29, 0.717) is 11.1 Å². The molecule has 6 nitrogen and oxygen atoms in total. The van der Waals surface area contributed by atoms with Crippen LogP contribution in [0.3, 0.4) is 0 Å². The predicted octanol–water partition coefficient (Wildman–Crippen LogP) is 3.16. The minimum absolute atomic E-state index is 0.00305. The number of aryl methyl sites for hydroxylation is 1. The van der Waals surface area contributed by atoms with Crippen LogP contribution in [0.5, 0.6) is 5.75 Å². The lowest BCUT2D eigenvalue weighted by Crippen LogP contribution is -2.24.